The Balaban J connectivity index is 1.70. The van der Waals surface area contributed by atoms with E-state index in [-0.39, 0.29) is 18.0 Å². The number of imidazole rings is 1. The molecule has 4 nitrogen and oxygen atoms in total. The number of carbonyl (C=O) groups is 1. The van der Waals surface area contributed by atoms with Gasteiger partial charge in [0, 0.05) is 25.4 Å². The molecule has 128 valence electrons. The maximum absolute atomic E-state index is 12.9. The second kappa shape index (κ2) is 7.65. The largest absolute Gasteiger partial charge is 0.337 e. The topological polar surface area (TPSA) is 38.1 Å². The summed E-state index contributed by atoms with van der Waals surface area (Å²) >= 11 is 0. The van der Waals surface area contributed by atoms with Crippen molar-refractivity contribution in [1.82, 2.24) is 14.5 Å². The Morgan fingerprint density at radius 1 is 1.33 bits per heavy atom. The van der Waals surface area contributed by atoms with Gasteiger partial charge in [0.25, 0.3) is 0 Å². The summed E-state index contributed by atoms with van der Waals surface area (Å²) in [4.78, 5) is 19.2. The minimum atomic E-state index is 0.247. The smallest absolute Gasteiger partial charge is 0.223 e. The Kier molecular flexibility index (Phi) is 5.34. The number of carbonyl (C=O) groups excluding carboxylic acids is 1. The SMILES string of the molecule is CC1CCCN(C(=O)CCc2ccccc2)C1C(C)n1ccnc1. The average molecular weight is 325 g/mol. The highest BCUT2D eigenvalue weighted by molar-refractivity contribution is 5.77. The van der Waals surface area contributed by atoms with Gasteiger partial charge in [-0.25, -0.2) is 4.98 Å². The highest BCUT2D eigenvalue weighted by atomic mass is 16.2. The van der Waals surface area contributed by atoms with E-state index in [4.69, 9.17) is 0 Å². The van der Waals surface area contributed by atoms with Crippen molar-refractivity contribution in [3.05, 3.63) is 54.6 Å². The van der Waals surface area contributed by atoms with E-state index in [1.165, 1.54) is 12.0 Å². The number of nitrogens with zero attached hydrogens (tertiary/aromatic N) is 3. The van der Waals surface area contributed by atoms with Crippen LogP contribution in [0.4, 0.5) is 0 Å². The molecule has 1 fully saturated rings. The summed E-state index contributed by atoms with van der Waals surface area (Å²) in [6.45, 7) is 5.35. The zero-order valence-electron chi connectivity index (χ0n) is 14.6. The minimum Gasteiger partial charge on any atom is -0.337 e. The highest BCUT2D eigenvalue weighted by Gasteiger charge is 2.35. The van der Waals surface area contributed by atoms with Gasteiger partial charge in [-0.15, -0.1) is 0 Å². The van der Waals surface area contributed by atoms with Gasteiger partial charge in [-0.3, -0.25) is 4.79 Å². The summed E-state index contributed by atoms with van der Waals surface area (Å²) < 4.78 is 2.13. The number of aryl methyl sites for hydroxylation is 1. The molecular weight excluding hydrogens is 298 g/mol. The van der Waals surface area contributed by atoms with Crippen LogP contribution in [0.3, 0.4) is 0 Å². The average Bonchev–Trinajstić information content (AvgIpc) is 3.14. The monoisotopic (exact) mass is 325 g/mol. The van der Waals surface area contributed by atoms with Gasteiger partial charge in [0.15, 0.2) is 0 Å². The van der Waals surface area contributed by atoms with Gasteiger partial charge < -0.3 is 9.47 Å². The summed E-state index contributed by atoms with van der Waals surface area (Å²) in [6, 6.07) is 10.8. The maximum Gasteiger partial charge on any atom is 0.223 e. The third-order valence-electron chi connectivity index (χ3n) is 5.28. The molecule has 3 unspecified atom stereocenters. The number of hydrogen-bond acceptors (Lipinski definition) is 2. The molecule has 1 aromatic heterocycles. The molecule has 0 radical (unpaired) electrons. The van der Waals surface area contributed by atoms with Gasteiger partial charge in [0.2, 0.25) is 5.91 Å². The van der Waals surface area contributed by atoms with E-state index in [0.29, 0.717) is 12.3 Å². The first-order valence-electron chi connectivity index (χ1n) is 8.97. The molecule has 1 aromatic carbocycles. The molecule has 3 atom stereocenters. The van der Waals surface area contributed by atoms with E-state index in [9.17, 15) is 4.79 Å². The first-order chi connectivity index (χ1) is 11.7. The molecule has 0 N–H and O–H groups in total. The molecule has 1 aliphatic heterocycles. The maximum atomic E-state index is 12.9. The molecule has 0 saturated carbocycles. The van der Waals surface area contributed by atoms with Crippen molar-refractivity contribution in [2.45, 2.75) is 51.6 Å². The van der Waals surface area contributed by atoms with Crippen LogP contribution >= 0.6 is 0 Å². The summed E-state index contributed by atoms with van der Waals surface area (Å²) in [6.07, 6.45) is 9.36. The van der Waals surface area contributed by atoms with Gasteiger partial charge in [0.1, 0.15) is 0 Å². The fraction of sp³-hybridized carbons (Fsp3) is 0.500. The van der Waals surface area contributed by atoms with Crippen molar-refractivity contribution in [3.8, 4) is 0 Å². The number of rotatable bonds is 5. The van der Waals surface area contributed by atoms with Crippen molar-refractivity contribution < 1.29 is 4.79 Å². The fourth-order valence-electron chi connectivity index (χ4n) is 3.96. The molecule has 2 heterocycles. The van der Waals surface area contributed by atoms with E-state index >= 15 is 0 Å². The van der Waals surface area contributed by atoms with Gasteiger partial charge in [0.05, 0.1) is 18.4 Å². The molecule has 0 bridgehead atoms. The molecule has 0 aliphatic carbocycles. The fourth-order valence-corrected chi connectivity index (χ4v) is 3.96. The van der Waals surface area contributed by atoms with Crippen LogP contribution in [0.15, 0.2) is 49.1 Å². The third-order valence-corrected chi connectivity index (χ3v) is 5.28. The third kappa shape index (κ3) is 3.69. The first-order valence-corrected chi connectivity index (χ1v) is 8.97. The summed E-state index contributed by atoms with van der Waals surface area (Å²) in [5.41, 5.74) is 1.23. The Morgan fingerprint density at radius 3 is 2.83 bits per heavy atom. The van der Waals surface area contributed by atoms with Gasteiger partial charge in [-0.2, -0.15) is 0 Å². The molecule has 24 heavy (non-hydrogen) atoms. The number of likely N-dealkylation sites (tertiary alicyclic amines) is 1. The number of amides is 1. The quantitative estimate of drug-likeness (QED) is 0.840. The van der Waals surface area contributed by atoms with Gasteiger partial charge >= 0.3 is 0 Å². The van der Waals surface area contributed by atoms with Crippen LogP contribution in [0.1, 0.15) is 44.7 Å². The van der Waals surface area contributed by atoms with Crippen LogP contribution in [0.5, 0.6) is 0 Å². The lowest BCUT2D eigenvalue weighted by Crippen LogP contribution is -2.51. The second-order valence-corrected chi connectivity index (χ2v) is 6.93. The van der Waals surface area contributed by atoms with E-state index in [0.717, 1.165) is 19.4 Å². The predicted octanol–water partition coefficient (Wildman–Crippen LogP) is 3.70. The van der Waals surface area contributed by atoms with E-state index in [1.807, 2.05) is 36.9 Å². The van der Waals surface area contributed by atoms with E-state index < -0.39 is 0 Å². The van der Waals surface area contributed by atoms with Crippen LogP contribution in [0.25, 0.3) is 0 Å². The highest BCUT2D eigenvalue weighted by Crippen LogP contribution is 2.31. The van der Waals surface area contributed by atoms with Gasteiger partial charge in [-0.1, -0.05) is 37.3 Å². The summed E-state index contributed by atoms with van der Waals surface area (Å²) in [5, 5.41) is 0. The van der Waals surface area contributed by atoms with Crippen molar-refractivity contribution in [1.29, 1.82) is 0 Å². The van der Waals surface area contributed by atoms with Gasteiger partial charge in [-0.05, 0) is 37.7 Å². The Bertz CT molecular complexity index is 638. The molecule has 1 amide bonds. The molecular formula is C20H27N3O. The summed E-state index contributed by atoms with van der Waals surface area (Å²) in [7, 11) is 0. The minimum absolute atomic E-state index is 0.247. The zero-order chi connectivity index (χ0) is 16.9. The van der Waals surface area contributed by atoms with Crippen molar-refractivity contribution in [2.75, 3.05) is 6.54 Å². The predicted molar refractivity (Wildman–Crippen MR) is 95.6 cm³/mol. The Hall–Kier alpha value is -2.10. The summed E-state index contributed by atoms with van der Waals surface area (Å²) in [5.74, 6) is 0.791. The molecule has 2 aromatic rings. The Labute approximate surface area is 144 Å². The normalized spacial score (nSPS) is 22.3. The van der Waals surface area contributed by atoms with Crippen molar-refractivity contribution >= 4 is 5.91 Å². The van der Waals surface area contributed by atoms with Crippen LogP contribution in [-0.4, -0.2) is 32.9 Å². The first kappa shape index (κ1) is 16.7. The standard InChI is InChI=1S/C20H27N3O/c1-16-7-6-13-23(20(16)17(2)22-14-12-21-15-22)19(24)11-10-18-8-4-3-5-9-18/h3-5,8-9,12,14-17,20H,6-7,10-11,13H2,1-2H3. The number of aromatic nitrogens is 2. The number of piperidine rings is 1. The number of benzene rings is 1. The van der Waals surface area contributed by atoms with E-state index in [2.05, 4.69) is 40.4 Å². The Morgan fingerprint density at radius 2 is 2.12 bits per heavy atom. The number of hydrogen-bond donors (Lipinski definition) is 0. The zero-order valence-corrected chi connectivity index (χ0v) is 14.6. The van der Waals surface area contributed by atoms with Crippen molar-refractivity contribution in [3.63, 3.8) is 0 Å². The van der Waals surface area contributed by atoms with Crippen LogP contribution in [-0.2, 0) is 11.2 Å². The lowest BCUT2D eigenvalue weighted by Gasteiger charge is -2.43. The van der Waals surface area contributed by atoms with Crippen molar-refractivity contribution in [2.24, 2.45) is 5.92 Å². The molecule has 4 heteroatoms. The van der Waals surface area contributed by atoms with Crippen LogP contribution in [0, 0.1) is 5.92 Å². The molecule has 1 aliphatic rings. The molecule has 3 rings (SSSR count). The van der Waals surface area contributed by atoms with Crippen LogP contribution < -0.4 is 0 Å². The van der Waals surface area contributed by atoms with E-state index in [1.54, 1.807) is 0 Å². The molecule has 0 spiro atoms. The molecule has 1 saturated heterocycles. The van der Waals surface area contributed by atoms with Crippen LogP contribution in [0.2, 0.25) is 0 Å². The lowest BCUT2D eigenvalue weighted by atomic mass is 9.86. The second-order valence-electron chi connectivity index (χ2n) is 6.93. The lowest BCUT2D eigenvalue weighted by molar-refractivity contribution is -0.137.